The minimum Gasteiger partial charge on any atom is -0.361 e. The zero-order chi connectivity index (χ0) is 25.4. The predicted octanol–water partition coefficient (Wildman–Crippen LogP) is 7.57. The van der Waals surface area contributed by atoms with E-state index in [-0.39, 0.29) is 6.04 Å². The van der Waals surface area contributed by atoms with Gasteiger partial charge in [0.25, 0.3) is 0 Å². The predicted molar refractivity (Wildman–Crippen MR) is 147 cm³/mol. The van der Waals surface area contributed by atoms with Crippen LogP contribution < -0.4 is 0 Å². The number of benzene rings is 2. The minimum absolute atomic E-state index is 0.115. The van der Waals surface area contributed by atoms with Gasteiger partial charge < -0.3 is 9.09 Å². The van der Waals surface area contributed by atoms with Gasteiger partial charge in [-0.25, -0.2) is 0 Å². The maximum absolute atomic E-state index is 5.48. The van der Waals surface area contributed by atoms with Gasteiger partial charge in [-0.2, -0.15) is 0 Å². The first-order chi connectivity index (χ1) is 18.1. The SMILES string of the molecule is CCc1ccc(-c2cn([C@H](c3ccccc3)c3ccccn3)c3cc(-c4c(C)noc4C)cnc23)cc1. The van der Waals surface area contributed by atoms with Crippen LogP contribution >= 0.6 is 0 Å². The van der Waals surface area contributed by atoms with Crippen LogP contribution in [0.4, 0.5) is 0 Å². The number of nitrogens with zero attached hydrogens (tertiary/aromatic N) is 4. The zero-order valence-electron chi connectivity index (χ0n) is 21.2. The molecule has 4 heterocycles. The van der Waals surface area contributed by atoms with Gasteiger partial charge in [-0.1, -0.05) is 72.7 Å². The summed E-state index contributed by atoms with van der Waals surface area (Å²) in [5.74, 6) is 0.788. The van der Waals surface area contributed by atoms with E-state index in [1.807, 2.05) is 44.4 Å². The second kappa shape index (κ2) is 9.51. The van der Waals surface area contributed by atoms with Gasteiger partial charge in [0.15, 0.2) is 0 Å². The molecule has 0 N–H and O–H groups in total. The molecule has 0 spiro atoms. The average molecular weight is 485 g/mol. The molecule has 0 aliphatic rings. The van der Waals surface area contributed by atoms with Gasteiger partial charge in [0.05, 0.1) is 22.4 Å². The Balaban J connectivity index is 1.64. The molecule has 2 aromatic carbocycles. The molecule has 6 rings (SSSR count). The Kier molecular flexibility index (Phi) is 5.89. The summed E-state index contributed by atoms with van der Waals surface area (Å²) in [6.45, 7) is 6.09. The highest BCUT2D eigenvalue weighted by molar-refractivity contribution is 5.95. The Morgan fingerprint density at radius 3 is 2.32 bits per heavy atom. The maximum Gasteiger partial charge on any atom is 0.141 e. The average Bonchev–Trinajstić information content (AvgIpc) is 3.49. The van der Waals surface area contributed by atoms with Crippen molar-refractivity contribution in [3.8, 4) is 22.3 Å². The molecular weight excluding hydrogens is 456 g/mol. The fourth-order valence-electron chi connectivity index (χ4n) is 5.15. The summed E-state index contributed by atoms with van der Waals surface area (Å²) >= 11 is 0. The van der Waals surface area contributed by atoms with Crippen molar-refractivity contribution in [3.63, 3.8) is 0 Å². The lowest BCUT2D eigenvalue weighted by atomic mass is 10.0. The fourth-order valence-corrected chi connectivity index (χ4v) is 5.15. The monoisotopic (exact) mass is 484 g/mol. The van der Waals surface area contributed by atoms with Crippen LogP contribution in [0.15, 0.2) is 102 Å². The third-order valence-electron chi connectivity index (χ3n) is 7.03. The van der Waals surface area contributed by atoms with Crippen LogP contribution in [0, 0.1) is 13.8 Å². The second-order valence-corrected chi connectivity index (χ2v) is 9.36. The van der Waals surface area contributed by atoms with E-state index in [2.05, 4.69) is 83.5 Å². The first-order valence-electron chi connectivity index (χ1n) is 12.6. The number of pyridine rings is 2. The second-order valence-electron chi connectivity index (χ2n) is 9.36. The highest BCUT2D eigenvalue weighted by Crippen LogP contribution is 2.38. The van der Waals surface area contributed by atoms with Crippen molar-refractivity contribution in [2.75, 3.05) is 0 Å². The molecule has 6 aromatic rings. The third kappa shape index (κ3) is 4.12. The highest BCUT2D eigenvalue weighted by Gasteiger charge is 2.23. The molecule has 0 aliphatic carbocycles. The summed E-state index contributed by atoms with van der Waals surface area (Å²) in [6.07, 6.45) is 7.02. The lowest BCUT2D eigenvalue weighted by Gasteiger charge is -2.20. The van der Waals surface area contributed by atoms with Crippen LogP contribution in [0.25, 0.3) is 33.3 Å². The fraction of sp³-hybridized carbons (Fsp3) is 0.156. The van der Waals surface area contributed by atoms with E-state index < -0.39 is 0 Å². The van der Waals surface area contributed by atoms with E-state index in [9.17, 15) is 0 Å². The molecule has 0 aliphatic heterocycles. The molecule has 0 amide bonds. The van der Waals surface area contributed by atoms with E-state index in [1.54, 1.807) is 0 Å². The number of aromatic nitrogens is 4. The zero-order valence-corrected chi connectivity index (χ0v) is 21.2. The molecule has 4 aromatic heterocycles. The van der Waals surface area contributed by atoms with Gasteiger partial charge in [0.1, 0.15) is 11.8 Å². The van der Waals surface area contributed by atoms with E-state index in [0.29, 0.717) is 0 Å². The van der Waals surface area contributed by atoms with Crippen molar-refractivity contribution in [1.29, 1.82) is 0 Å². The van der Waals surface area contributed by atoms with Gasteiger partial charge in [-0.15, -0.1) is 0 Å². The topological polar surface area (TPSA) is 56.7 Å². The highest BCUT2D eigenvalue weighted by atomic mass is 16.5. The quantitative estimate of drug-likeness (QED) is 0.245. The van der Waals surface area contributed by atoms with Gasteiger partial charge in [0.2, 0.25) is 0 Å². The molecule has 5 nitrogen and oxygen atoms in total. The van der Waals surface area contributed by atoms with Crippen LogP contribution in [0.1, 0.15) is 41.2 Å². The van der Waals surface area contributed by atoms with Gasteiger partial charge >= 0.3 is 0 Å². The van der Waals surface area contributed by atoms with Crippen LogP contribution in [0.3, 0.4) is 0 Å². The number of hydrogen-bond donors (Lipinski definition) is 0. The summed E-state index contributed by atoms with van der Waals surface area (Å²) in [6, 6.07) is 27.5. The van der Waals surface area contributed by atoms with Crippen molar-refractivity contribution in [3.05, 3.63) is 126 Å². The number of hydrogen-bond acceptors (Lipinski definition) is 4. The van der Waals surface area contributed by atoms with E-state index in [0.717, 1.165) is 62.4 Å². The Labute approximate surface area is 216 Å². The lowest BCUT2D eigenvalue weighted by molar-refractivity contribution is 0.393. The van der Waals surface area contributed by atoms with E-state index >= 15 is 0 Å². The van der Waals surface area contributed by atoms with Gasteiger partial charge in [-0.3, -0.25) is 9.97 Å². The molecule has 5 heteroatoms. The summed E-state index contributed by atoms with van der Waals surface area (Å²) in [5, 5.41) is 4.17. The Morgan fingerprint density at radius 2 is 1.65 bits per heavy atom. The van der Waals surface area contributed by atoms with Crippen LogP contribution in [0.2, 0.25) is 0 Å². The summed E-state index contributed by atoms with van der Waals surface area (Å²) in [7, 11) is 0. The van der Waals surface area contributed by atoms with E-state index in [1.165, 1.54) is 5.56 Å². The van der Waals surface area contributed by atoms with E-state index in [4.69, 9.17) is 14.5 Å². The maximum atomic E-state index is 5.48. The Morgan fingerprint density at radius 1 is 0.865 bits per heavy atom. The minimum atomic E-state index is -0.115. The van der Waals surface area contributed by atoms with Crippen molar-refractivity contribution in [1.82, 2.24) is 19.7 Å². The molecule has 0 saturated carbocycles. The normalized spacial score (nSPS) is 12.2. The van der Waals surface area contributed by atoms with Crippen molar-refractivity contribution in [2.24, 2.45) is 0 Å². The molecular formula is C32H28N4O. The van der Waals surface area contributed by atoms with Crippen LogP contribution in [-0.2, 0) is 6.42 Å². The van der Waals surface area contributed by atoms with Gasteiger partial charge in [0, 0.05) is 35.3 Å². The molecule has 182 valence electrons. The van der Waals surface area contributed by atoms with Crippen LogP contribution in [-0.4, -0.2) is 19.7 Å². The molecule has 0 radical (unpaired) electrons. The first-order valence-corrected chi connectivity index (χ1v) is 12.6. The van der Waals surface area contributed by atoms with Crippen LogP contribution in [0.5, 0.6) is 0 Å². The first kappa shape index (κ1) is 22.9. The summed E-state index contributed by atoms with van der Waals surface area (Å²) in [5.41, 5.74) is 10.5. The summed E-state index contributed by atoms with van der Waals surface area (Å²) in [4.78, 5) is 9.80. The number of aryl methyl sites for hydroxylation is 3. The Hall–Kier alpha value is -4.51. The molecule has 1 atom stereocenters. The van der Waals surface area contributed by atoms with Crippen molar-refractivity contribution in [2.45, 2.75) is 33.2 Å². The largest absolute Gasteiger partial charge is 0.361 e. The molecule has 0 unspecified atom stereocenters. The lowest BCUT2D eigenvalue weighted by Crippen LogP contribution is -2.13. The van der Waals surface area contributed by atoms with Crippen molar-refractivity contribution >= 4 is 11.0 Å². The van der Waals surface area contributed by atoms with Crippen molar-refractivity contribution < 1.29 is 4.52 Å². The number of rotatable bonds is 6. The standard InChI is InChI=1S/C32H28N4O/c1-4-23-13-15-24(16-14-23)27-20-36(32(25-10-6-5-7-11-25)28-12-8-9-17-33-28)29-18-26(19-34-31(27)29)30-21(2)35-37-22(30)3/h5-20,32H,4H2,1-3H3/t32-/m1/s1. The Bertz CT molecular complexity index is 1610. The molecule has 0 bridgehead atoms. The molecule has 0 saturated heterocycles. The third-order valence-corrected chi connectivity index (χ3v) is 7.03. The van der Waals surface area contributed by atoms with Gasteiger partial charge in [-0.05, 0) is 55.2 Å². The summed E-state index contributed by atoms with van der Waals surface area (Å²) < 4.78 is 7.79. The molecule has 0 fully saturated rings. The number of fused-ring (bicyclic) bond motifs is 1. The molecule has 37 heavy (non-hydrogen) atoms. The smallest absolute Gasteiger partial charge is 0.141 e.